The van der Waals surface area contributed by atoms with Gasteiger partial charge in [-0.25, -0.2) is 4.99 Å². The molecule has 0 aliphatic heterocycles. The highest BCUT2D eigenvalue weighted by Gasteiger charge is 2.41. The van der Waals surface area contributed by atoms with Crippen LogP contribution >= 0.6 is 24.0 Å². The molecule has 24 heavy (non-hydrogen) atoms. The molecule has 2 rings (SSSR count). The molecule has 0 radical (unpaired) electrons. The number of nitrogens with zero attached hydrogens (tertiary/aromatic N) is 1. The summed E-state index contributed by atoms with van der Waals surface area (Å²) in [5.74, 6) is 1.69. The molecule has 0 unspecified atom stereocenters. The Bertz CT molecular complexity index is 545. The Morgan fingerprint density at radius 3 is 2.62 bits per heavy atom. The second-order valence-electron chi connectivity index (χ2n) is 6.25. The number of benzene rings is 1. The zero-order chi connectivity index (χ0) is 16.7. The van der Waals surface area contributed by atoms with E-state index < -0.39 is 0 Å². The Balaban J connectivity index is 0.00000288. The van der Waals surface area contributed by atoms with E-state index in [1.54, 1.807) is 0 Å². The zero-order valence-corrected chi connectivity index (χ0v) is 17.2. The van der Waals surface area contributed by atoms with E-state index in [1.807, 2.05) is 13.8 Å². The lowest BCUT2D eigenvalue weighted by Gasteiger charge is -2.16. The number of aliphatic imine (C=N–C) groups is 1. The first-order valence-corrected chi connectivity index (χ1v) is 8.48. The number of nitrogens with one attached hydrogen (secondary N) is 2. The van der Waals surface area contributed by atoms with Crippen LogP contribution in [0.1, 0.15) is 37.8 Å². The second kappa shape index (κ2) is 10.1. The van der Waals surface area contributed by atoms with E-state index in [9.17, 15) is 5.11 Å². The van der Waals surface area contributed by atoms with E-state index in [0.29, 0.717) is 13.2 Å². The summed E-state index contributed by atoms with van der Waals surface area (Å²) in [5.41, 5.74) is 2.33. The summed E-state index contributed by atoms with van der Waals surface area (Å²) < 4.78 is 5.71. The van der Waals surface area contributed by atoms with Gasteiger partial charge < -0.3 is 20.5 Å². The van der Waals surface area contributed by atoms with Crippen molar-refractivity contribution in [3.05, 3.63) is 29.3 Å². The first-order chi connectivity index (χ1) is 11.1. The Morgan fingerprint density at radius 2 is 2.04 bits per heavy atom. The lowest BCUT2D eigenvalue weighted by atomic mass is 10.1. The number of aliphatic hydroxyl groups excluding tert-OH is 1. The van der Waals surface area contributed by atoms with Gasteiger partial charge in [-0.15, -0.1) is 24.0 Å². The quantitative estimate of drug-likeness (QED) is 0.326. The van der Waals surface area contributed by atoms with Gasteiger partial charge in [0.15, 0.2) is 5.96 Å². The lowest BCUT2D eigenvalue weighted by Crippen LogP contribution is -2.41. The third-order valence-corrected chi connectivity index (χ3v) is 4.20. The number of hydrogen-bond acceptors (Lipinski definition) is 3. The van der Waals surface area contributed by atoms with Crippen molar-refractivity contribution in [3.63, 3.8) is 0 Å². The molecule has 0 bridgehead atoms. The summed E-state index contributed by atoms with van der Waals surface area (Å²) in [7, 11) is 0. The molecule has 0 atom stereocenters. The molecule has 1 fully saturated rings. The Labute approximate surface area is 162 Å². The molecule has 6 heteroatoms. The zero-order valence-electron chi connectivity index (χ0n) is 14.9. The Morgan fingerprint density at radius 1 is 1.29 bits per heavy atom. The summed E-state index contributed by atoms with van der Waals surface area (Å²) in [6, 6.07) is 6.21. The van der Waals surface area contributed by atoms with Gasteiger partial charge in [0.2, 0.25) is 0 Å². The minimum Gasteiger partial charge on any atom is -0.494 e. The molecular formula is C18H30IN3O2. The molecule has 136 valence electrons. The standard InChI is InChI=1S/C18H29N3O2.HI/c1-4-19-17(21-12-18(13-22)8-9-18)20-11-15-7-6-14(3)10-16(15)23-5-2;/h6-7,10,22H,4-5,8-9,11-13H2,1-3H3,(H2,19,20,21);1H. The maximum absolute atomic E-state index is 9.41. The summed E-state index contributed by atoms with van der Waals surface area (Å²) in [4.78, 5) is 4.65. The van der Waals surface area contributed by atoms with Gasteiger partial charge in [-0.05, 0) is 45.2 Å². The molecule has 1 aromatic carbocycles. The highest BCUT2D eigenvalue weighted by Crippen LogP contribution is 2.44. The fraction of sp³-hybridized carbons (Fsp3) is 0.611. The van der Waals surface area contributed by atoms with Crippen LogP contribution in [0.25, 0.3) is 0 Å². The van der Waals surface area contributed by atoms with Crippen molar-refractivity contribution in [2.75, 3.05) is 26.3 Å². The molecule has 1 saturated carbocycles. The number of guanidine groups is 1. The third-order valence-electron chi connectivity index (χ3n) is 4.20. The minimum atomic E-state index is 0. The third kappa shape index (κ3) is 6.12. The van der Waals surface area contributed by atoms with Crippen LogP contribution in [-0.2, 0) is 6.54 Å². The van der Waals surface area contributed by atoms with Gasteiger partial charge in [0.25, 0.3) is 0 Å². The summed E-state index contributed by atoms with van der Waals surface area (Å²) in [6.07, 6.45) is 2.17. The topological polar surface area (TPSA) is 65.9 Å². The molecule has 0 aromatic heterocycles. The fourth-order valence-corrected chi connectivity index (χ4v) is 2.43. The van der Waals surface area contributed by atoms with Crippen LogP contribution < -0.4 is 15.4 Å². The molecule has 3 N–H and O–H groups in total. The second-order valence-corrected chi connectivity index (χ2v) is 6.25. The van der Waals surface area contributed by atoms with Crippen LogP contribution in [0.3, 0.4) is 0 Å². The van der Waals surface area contributed by atoms with Crippen LogP contribution in [0, 0.1) is 12.3 Å². The van der Waals surface area contributed by atoms with Crippen molar-refractivity contribution in [2.45, 2.75) is 40.2 Å². The number of aryl methyl sites for hydroxylation is 1. The summed E-state index contributed by atoms with van der Waals surface area (Å²) in [6.45, 7) is 9.13. The van der Waals surface area contributed by atoms with Crippen LogP contribution in [0.5, 0.6) is 5.75 Å². The molecule has 0 heterocycles. The average molecular weight is 447 g/mol. The highest BCUT2D eigenvalue weighted by atomic mass is 127. The van der Waals surface area contributed by atoms with Crippen molar-refractivity contribution in [1.82, 2.24) is 10.6 Å². The van der Waals surface area contributed by atoms with E-state index in [2.05, 4.69) is 40.7 Å². The Hall–Kier alpha value is -1.02. The predicted molar refractivity (Wildman–Crippen MR) is 109 cm³/mol. The first kappa shape index (κ1) is 21.0. The van der Waals surface area contributed by atoms with Gasteiger partial charge >= 0.3 is 0 Å². The first-order valence-electron chi connectivity index (χ1n) is 8.48. The number of ether oxygens (including phenoxy) is 1. The van der Waals surface area contributed by atoms with Gasteiger partial charge in [-0.3, -0.25) is 0 Å². The van der Waals surface area contributed by atoms with Crippen molar-refractivity contribution >= 4 is 29.9 Å². The molecule has 1 aliphatic carbocycles. The number of halogens is 1. The maximum Gasteiger partial charge on any atom is 0.191 e. The van der Waals surface area contributed by atoms with Gasteiger partial charge in [0.1, 0.15) is 5.75 Å². The molecule has 1 aromatic rings. The van der Waals surface area contributed by atoms with Gasteiger partial charge in [0, 0.05) is 24.1 Å². The van der Waals surface area contributed by atoms with Gasteiger partial charge in [-0.2, -0.15) is 0 Å². The SMILES string of the molecule is CCNC(=NCc1ccc(C)cc1OCC)NCC1(CO)CC1.I. The number of hydrogen-bond donors (Lipinski definition) is 3. The van der Waals surface area contributed by atoms with Crippen LogP contribution in [0.4, 0.5) is 0 Å². The average Bonchev–Trinajstić information content (AvgIpc) is 3.32. The largest absolute Gasteiger partial charge is 0.494 e. The smallest absolute Gasteiger partial charge is 0.191 e. The molecule has 0 spiro atoms. The van der Waals surface area contributed by atoms with E-state index in [1.165, 1.54) is 5.56 Å². The van der Waals surface area contributed by atoms with Gasteiger partial charge in [0.05, 0.1) is 19.8 Å². The molecular weight excluding hydrogens is 417 g/mol. The summed E-state index contributed by atoms with van der Waals surface area (Å²) in [5, 5.41) is 16.0. The molecule has 0 amide bonds. The van der Waals surface area contributed by atoms with Crippen molar-refractivity contribution in [2.24, 2.45) is 10.4 Å². The predicted octanol–water partition coefficient (Wildman–Crippen LogP) is 2.84. The van der Waals surface area contributed by atoms with Crippen LogP contribution in [0.15, 0.2) is 23.2 Å². The van der Waals surface area contributed by atoms with E-state index >= 15 is 0 Å². The van der Waals surface area contributed by atoms with Crippen molar-refractivity contribution in [3.8, 4) is 5.75 Å². The number of rotatable bonds is 8. The van der Waals surface area contributed by atoms with E-state index in [-0.39, 0.29) is 36.0 Å². The van der Waals surface area contributed by atoms with Gasteiger partial charge in [-0.1, -0.05) is 12.1 Å². The fourth-order valence-electron chi connectivity index (χ4n) is 2.43. The molecule has 1 aliphatic rings. The van der Waals surface area contributed by atoms with Crippen molar-refractivity contribution < 1.29 is 9.84 Å². The van der Waals surface area contributed by atoms with Crippen LogP contribution in [-0.4, -0.2) is 37.4 Å². The molecule has 5 nitrogen and oxygen atoms in total. The lowest BCUT2D eigenvalue weighted by molar-refractivity contribution is 0.212. The summed E-state index contributed by atoms with van der Waals surface area (Å²) >= 11 is 0. The van der Waals surface area contributed by atoms with Crippen LogP contribution in [0.2, 0.25) is 0 Å². The monoisotopic (exact) mass is 447 g/mol. The number of aliphatic hydroxyl groups is 1. The van der Waals surface area contributed by atoms with E-state index in [0.717, 1.165) is 43.2 Å². The van der Waals surface area contributed by atoms with E-state index in [4.69, 9.17) is 4.74 Å². The Kier molecular flexibility index (Phi) is 8.83. The van der Waals surface area contributed by atoms with Crippen molar-refractivity contribution in [1.29, 1.82) is 0 Å². The molecule has 0 saturated heterocycles. The highest BCUT2D eigenvalue weighted by molar-refractivity contribution is 14.0. The maximum atomic E-state index is 9.41. The normalized spacial score (nSPS) is 15.4. The minimum absolute atomic E-state index is 0.